The van der Waals surface area contributed by atoms with E-state index in [1.54, 1.807) is 18.2 Å². The van der Waals surface area contributed by atoms with Gasteiger partial charge in [0.2, 0.25) is 0 Å². The van der Waals surface area contributed by atoms with Crippen LogP contribution in [-0.2, 0) is 10.5 Å². The third-order valence-corrected chi connectivity index (χ3v) is 6.91. The lowest BCUT2D eigenvalue weighted by Crippen LogP contribution is -2.35. The normalized spacial score (nSPS) is 22.2. The standard InChI is InChI=1S/C31H28F2N2O3/c1-4-7-27-20(3)35-30(38-27)18-29(22-10-13-25(14-11-22)37-31(32,33)5-2)36-28-15-12-24(17-26(28)30)23-9-6-8-21(16-23)19-34/h5-6,8-17,27,29H,2,4,7,18H2,1,3H3. The summed E-state index contributed by atoms with van der Waals surface area (Å²) in [7, 11) is 0. The van der Waals surface area contributed by atoms with E-state index >= 15 is 0 Å². The van der Waals surface area contributed by atoms with Crippen LogP contribution in [0.15, 0.2) is 84.4 Å². The van der Waals surface area contributed by atoms with Gasteiger partial charge >= 0.3 is 6.11 Å². The average molecular weight is 515 g/mol. The largest absolute Gasteiger partial charge is 0.485 e. The van der Waals surface area contributed by atoms with Crippen molar-refractivity contribution in [2.75, 3.05) is 0 Å². The van der Waals surface area contributed by atoms with Crippen LogP contribution in [0, 0.1) is 11.3 Å². The van der Waals surface area contributed by atoms with Crippen molar-refractivity contribution in [1.82, 2.24) is 0 Å². The molecular weight excluding hydrogens is 486 g/mol. The van der Waals surface area contributed by atoms with E-state index in [4.69, 9.17) is 19.2 Å². The molecule has 0 fully saturated rings. The van der Waals surface area contributed by atoms with Crippen LogP contribution in [0.2, 0.25) is 0 Å². The van der Waals surface area contributed by atoms with Gasteiger partial charge in [-0.3, -0.25) is 4.99 Å². The Kier molecular flexibility index (Phi) is 6.77. The highest BCUT2D eigenvalue weighted by atomic mass is 19.3. The number of benzene rings is 3. The van der Waals surface area contributed by atoms with Crippen molar-refractivity contribution in [3.05, 3.63) is 96.1 Å². The fraction of sp³-hybridized carbons (Fsp3) is 0.290. The summed E-state index contributed by atoms with van der Waals surface area (Å²) in [4.78, 5) is 5.07. The van der Waals surface area contributed by atoms with E-state index in [1.807, 2.05) is 43.3 Å². The molecule has 0 aliphatic carbocycles. The van der Waals surface area contributed by atoms with E-state index in [0.717, 1.165) is 40.8 Å². The first-order valence-corrected chi connectivity index (χ1v) is 12.6. The highest BCUT2D eigenvalue weighted by Crippen LogP contribution is 2.52. The lowest BCUT2D eigenvalue weighted by molar-refractivity contribution is -0.131. The van der Waals surface area contributed by atoms with Crippen molar-refractivity contribution in [2.45, 2.75) is 57.2 Å². The summed E-state index contributed by atoms with van der Waals surface area (Å²) in [5, 5.41) is 9.34. The Hall–Kier alpha value is -4.02. The molecule has 0 N–H and O–H groups in total. The summed E-state index contributed by atoms with van der Waals surface area (Å²) >= 11 is 0. The second kappa shape index (κ2) is 10.0. The van der Waals surface area contributed by atoms with Gasteiger partial charge in [0, 0.05) is 23.8 Å². The number of alkyl halides is 2. The van der Waals surface area contributed by atoms with Crippen molar-refractivity contribution < 1.29 is 23.0 Å². The summed E-state index contributed by atoms with van der Waals surface area (Å²) in [6.45, 7) is 7.21. The van der Waals surface area contributed by atoms with Crippen molar-refractivity contribution in [2.24, 2.45) is 4.99 Å². The van der Waals surface area contributed by atoms with Gasteiger partial charge in [-0.05, 0) is 66.4 Å². The number of nitriles is 1. The van der Waals surface area contributed by atoms with Crippen molar-refractivity contribution in [1.29, 1.82) is 5.26 Å². The van der Waals surface area contributed by atoms with E-state index in [0.29, 0.717) is 23.8 Å². The van der Waals surface area contributed by atoms with Gasteiger partial charge in [-0.25, -0.2) is 0 Å². The predicted octanol–water partition coefficient (Wildman–Crippen LogP) is 7.72. The number of hydrogen-bond acceptors (Lipinski definition) is 5. The molecule has 5 rings (SSSR count). The molecule has 0 radical (unpaired) electrons. The van der Waals surface area contributed by atoms with Gasteiger partial charge in [0.1, 0.15) is 17.6 Å². The first kappa shape index (κ1) is 25.6. The smallest absolute Gasteiger partial charge is 0.419 e. The monoisotopic (exact) mass is 514 g/mol. The minimum atomic E-state index is -3.45. The molecule has 3 unspecified atom stereocenters. The van der Waals surface area contributed by atoms with Crippen LogP contribution in [0.3, 0.4) is 0 Å². The zero-order valence-electron chi connectivity index (χ0n) is 21.3. The van der Waals surface area contributed by atoms with Crippen LogP contribution in [0.1, 0.15) is 55.9 Å². The molecule has 2 aliphatic heterocycles. The Labute approximate surface area is 221 Å². The number of nitrogens with zero attached hydrogens (tertiary/aromatic N) is 2. The van der Waals surface area contributed by atoms with Crippen LogP contribution in [0.25, 0.3) is 11.1 Å². The van der Waals surface area contributed by atoms with E-state index in [-0.39, 0.29) is 11.9 Å². The van der Waals surface area contributed by atoms with Crippen LogP contribution < -0.4 is 9.47 Å². The van der Waals surface area contributed by atoms with E-state index in [2.05, 4.69) is 19.6 Å². The minimum absolute atomic E-state index is 0.0304. The molecule has 38 heavy (non-hydrogen) atoms. The topological polar surface area (TPSA) is 63.8 Å². The van der Waals surface area contributed by atoms with Gasteiger partial charge in [-0.2, -0.15) is 14.0 Å². The third kappa shape index (κ3) is 4.92. The highest BCUT2D eigenvalue weighted by Gasteiger charge is 2.48. The van der Waals surface area contributed by atoms with E-state index < -0.39 is 17.9 Å². The van der Waals surface area contributed by atoms with Gasteiger partial charge in [0.05, 0.1) is 17.7 Å². The highest BCUT2D eigenvalue weighted by molar-refractivity contribution is 5.88. The van der Waals surface area contributed by atoms with Crippen LogP contribution in [0.5, 0.6) is 11.5 Å². The molecule has 0 amide bonds. The van der Waals surface area contributed by atoms with Crippen molar-refractivity contribution in [3.8, 4) is 28.7 Å². The zero-order chi connectivity index (χ0) is 26.9. The quantitative estimate of drug-likeness (QED) is 0.303. The summed E-state index contributed by atoms with van der Waals surface area (Å²) in [5.74, 6) is 0.677. The fourth-order valence-electron chi connectivity index (χ4n) is 5.03. The second-order valence-electron chi connectivity index (χ2n) is 9.58. The number of fused-ring (bicyclic) bond motifs is 2. The Bertz CT molecular complexity index is 1430. The Balaban J connectivity index is 1.53. The van der Waals surface area contributed by atoms with Crippen LogP contribution >= 0.6 is 0 Å². The SMILES string of the molecule is C=CC(F)(F)Oc1ccc(C2CC3(N=C(C)C(CCC)O3)c3cc(-c4cccc(C#N)c4)ccc3O2)cc1. The third-order valence-electron chi connectivity index (χ3n) is 6.91. The van der Waals surface area contributed by atoms with Gasteiger partial charge in [0.15, 0.2) is 5.72 Å². The molecule has 1 spiro atoms. The number of aliphatic imine (C=N–C) groups is 1. The number of ether oxygens (including phenoxy) is 3. The van der Waals surface area contributed by atoms with Crippen LogP contribution in [0.4, 0.5) is 8.78 Å². The number of hydrogen-bond donors (Lipinski definition) is 0. The Morgan fingerprint density at radius 1 is 1.16 bits per heavy atom. The number of rotatable bonds is 7. The number of halogens is 2. The van der Waals surface area contributed by atoms with E-state index in [1.165, 1.54) is 12.1 Å². The molecule has 3 aromatic rings. The first-order valence-electron chi connectivity index (χ1n) is 12.6. The van der Waals surface area contributed by atoms with Gasteiger partial charge in [0.25, 0.3) is 0 Å². The molecule has 2 heterocycles. The molecule has 2 aliphatic rings. The summed E-state index contributed by atoms with van der Waals surface area (Å²) < 4.78 is 45.0. The predicted molar refractivity (Wildman–Crippen MR) is 141 cm³/mol. The Morgan fingerprint density at radius 2 is 1.92 bits per heavy atom. The zero-order valence-corrected chi connectivity index (χ0v) is 21.3. The summed E-state index contributed by atoms with van der Waals surface area (Å²) in [5.41, 5.74) is 4.05. The average Bonchev–Trinajstić information content (AvgIpc) is 3.23. The molecule has 0 saturated heterocycles. The van der Waals surface area contributed by atoms with Crippen molar-refractivity contribution in [3.63, 3.8) is 0 Å². The maximum Gasteiger partial charge on any atom is 0.419 e. The molecule has 5 nitrogen and oxygen atoms in total. The fourth-order valence-corrected chi connectivity index (χ4v) is 5.03. The summed E-state index contributed by atoms with van der Waals surface area (Å²) in [6, 6.07) is 21.9. The molecule has 3 aromatic carbocycles. The minimum Gasteiger partial charge on any atom is -0.485 e. The molecule has 0 aromatic heterocycles. The molecule has 0 saturated carbocycles. The summed E-state index contributed by atoms with van der Waals surface area (Å²) in [6.07, 6.45) is -1.28. The van der Waals surface area contributed by atoms with E-state index in [9.17, 15) is 14.0 Å². The van der Waals surface area contributed by atoms with Gasteiger partial charge in [-0.15, -0.1) is 0 Å². The second-order valence-corrected chi connectivity index (χ2v) is 9.58. The van der Waals surface area contributed by atoms with Gasteiger partial charge < -0.3 is 14.2 Å². The first-order chi connectivity index (χ1) is 18.3. The van der Waals surface area contributed by atoms with Crippen molar-refractivity contribution >= 4 is 5.71 Å². The maximum atomic E-state index is 13.6. The Morgan fingerprint density at radius 3 is 2.63 bits per heavy atom. The lowest BCUT2D eigenvalue weighted by Gasteiger charge is -2.38. The molecule has 0 bridgehead atoms. The lowest BCUT2D eigenvalue weighted by atomic mass is 9.88. The van der Waals surface area contributed by atoms with Crippen LogP contribution in [-0.4, -0.2) is 17.9 Å². The maximum absolute atomic E-state index is 13.6. The molecule has 3 atom stereocenters. The molecule has 194 valence electrons. The molecular formula is C31H28F2N2O3. The molecule has 7 heteroatoms. The van der Waals surface area contributed by atoms with Gasteiger partial charge in [-0.1, -0.05) is 50.3 Å².